The molecule has 0 unspecified atom stereocenters. The molecule has 0 saturated carbocycles. The first-order chi connectivity index (χ1) is 6.63. The lowest BCUT2D eigenvalue weighted by molar-refractivity contribution is -0.425. The summed E-state index contributed by atoms with van der Waals surface area (Å²) in [6, 6.07) is 6.26. The number of hydrogen-bond acceptors (Lipinski definition) is 3. The number of aromatic hydroxyl groups is 1. The molecule has 1 rings (SSSR count). The molecule has 0 aliphatic rings. The summed E-state index contributed by atoms with van der Waals surface area (Å²) in [4.78, 5) is 10.1. The number of phenols is 1. The van der Waals surface area contributed by atoms with Crippen molar-refractivity contribution in [1.29, 1.82) is 0 Å². The molecule has 0 aliphatic heterocycles. The number of allylic oxidation sites excluding steroid dienone is 1. The highest BCUT2D eigenvalue weighted by Crippen LogP contribution is 2.14. The molecule has 0 fully saturated rings. The molecule has 14 heavy (non-hydrogen) atoms. The van der Waals surface area contributed by atoms with E-state index in [0.717, 1.165) is 5.56 Å². The van der Waals surface area contributed by atoms with Crippen LogP contribution in [0.15, 0.2) is 30.0 Å². The van der Waals surface area contributed by atoms with Gasteiger partial charge in [0.25, 0.3) is 0 Å². The van der Waals surface area contributed by atoms with Crippen LogP contribution in [-0.2, 0) is 0 Å². The minimum atomic E-state index is -0.396. The number of hydrogen-bond donors (Lipinski definition) is 1. The fourth-order valence-corrected chi connectivity index (χ4v) is 1.05. The molecule has 0 saturated heterocycles. The zero-order chi connectivity index (χ0) is 10.6. The van der Waals surface area contributed by atoms with Crippen LogP contribution in [0.5, 0.6) is 5.75 Å². The van der Waals surface area contributed by atoms with Crippen molar-refractivity contribution in [2.45, 2.75) is 13.3 Å². The number of phenolic OH excluding ortho intramolecular Hbond substituents is 1. The summed E-state index contributed by atoms with van der Waals surface area (Å²) in [5.41, 5.74) is 0.882. The summed E-state index contributed by atoms with van der Waals surface area (Å²) in [6.07, 6.45) is 1.88. The third-order valence-electron chi connectivity index (χ3n) is 1.82. The molecule has 1 N–H and O–H groups in total. The van der Waals surface area contributed by atoms with E-state index in [0.29, 0.717) is 6.42 Å². The van der Waals surface area contributed by atoms with Crippen LogP contribution in [0.25, 0.3) is 6.08 Å². The standard InChI is InChI=1S/C10H11NO3/c1-2-9(11(13)14)7-8-3-5-10(12)6-4-8/h3-7,12H,2H2,1H3. The van der Waals surface area contributed by atoms with Gasteiger partial charge >= 0.3 is 0 Å². The Morgan fingerprint density at radius 2 is 2.07 bits per heavy atom. The van der Waals surface area contributed by atoms with Crippen LogP contribution < -0.4 is 0 Å². The molecular formula is C10H11NO3. The lowest BCUT2D eigenvalue weighted by Gasteiger charge is -1.95. The monoisotopic (exact) mass is 193 g/mol. The maximum Gasteiger partial charge on any atom is 0.246 e. The fourth-order valence-electron chi connectivity index (χ4n) is 1.05. The van der Waals surface area contributed by atoms with E-state index in [1.165, 1.54) is 18.2 Å². The Bertz CT molecular complexity index is 354. The Labute approximate surface area is 81.6 Å². The molecule has 1 aromatic rings. The van der Waals surface area contributed by atoms with Gasteiger partial charge in [0.1, 0.15) is 5.75 Å². The molecule has 0 radical (unpaired) electrons. The normalized spacial score (nSPS) is 11.4. The SMILES string of the molecule is CCC(=Cc1ccc(O)cc1)[N+](=O)[O-]. The third-order valence-corrected chi connectivity index (χ3v) is 1.82. The van der Waals surface area contributed by atoms with E-state index in [4.69, 9.17) is 5.11 Å². The average Bonchev–Trinajstić information content (AvgIpc) is 2.16. The van der Waals surface area contributed by atoms with Crippen molar-refractivity contribution in [1.82, 2.24) is 0 Å². The molecule has 4 heteroatoms. The lowest BCUT2D eigenvalue weighted by Crippen LogP contribution is -1.96. The van der Waals surface area contributed by atoms with Crippen LogP contribution in [0.4, 0.5) is 0 Å². The lowest BCUT2D eigenvalue weighted by atomic mass is 10.1. The number of benzene rings is 1. The van der Waals surface area contributed by atoms with Crippen molar-refractivity contribution >= 4 is 6.08 Å². The number of nitro groups is 1. The van der Waals surface area contributed by atoms with Gasteiger partial charge in [-0.2, -0.15) is 0 Å². The van der Waals surface area contributed by atoms with Gasteiger partial charge in [0, 0.05) is 12.5 Å². The van der Waals surface area contributed by atoms with E-state index in [9.17, 15) is 10.1 Å². The molecule has 0 aromatic heterocycles. The Balaban J connectivity index is 2.95. The third kappa shape index (κ3) is 2.58. The second-order valence-electron chi connectivity index (χ2n) is 2.84. The molecule has 0 heterocycles. The molecular weight excluding hydrogens is 182 g/mol. The van der Waals surface area contributed by atoms with E-state index in [2.05, 4.69) is 0 Å². The fraction of sp³-hybridized carbons (Fsp3) is 0.200. The highest BCUT2D eigenvalue weighted by atomic mass is 16.6. The van der Waals surface area contributed by atoms with Gasteiger partial charge in [-0.1, -0.05) is 19.1 Å². The summed E-state index contributed by atoms with van der Waals surface area (Å²) in [5.74, 6) is 0.154. The predicted octanol–water partition coefficient (Wildman–Crippen LogP) is 2.42. The van der Waals surface area contributed by atoms with Crippen molar-refractivity contribution in [3.63, 3.8) is 0 Å². The summed E-state index contributed by atoms with van der Waals surface area (Å²) in [5, 5.41) is 19.5. The van der Waals surface area contributed by atoms with Gasteiger partial charge in [-0.25, -0.2) is 0 Å². The minimum Gasteiger partial charge on any atom is -0.508 e. The van der Waals surface area contributed by atoms with Gasteiger partial charge in [-0.15, -0.1) is 0 Å². The first-order valence-electron chi connectivity index (χ1n) is 4.27. The first kappa shape index (κ1) is 10.2. The molecule has 0 bridgehead atoms. The molecule has 1 aromatic carbocycles. The smallest absolute Gasteiger partial charge is 0.246 e. The van der Waals surface area contributed by atoms with Crippen LogP contribution in [0.1, 0.15) is 18.9 Å². The van der Waals surface area contributed by atoms with Gasteiger partial charge in [-0.05, 0) is 17.7 Å². The van der Waals surface area contributed by atoms with Crippen LogP contribution in [-0.4, -0.2) is 10.0 Å². The highest BCUT2D eigenvalue weighted by Gasteiger charge is 2.06. The zero-order valence-corrected chi connectivity index (χ0v) is 7.80. The number of rotatable bonds is 3. The van der Waals surface area contributed by atoms with E-state index < -0.39 is 4.92 Å². The quantitative estimate of drug-likeness (QED) is 0.592. The average molecular weight is 193 g/mol. The highest BCUT2D eigenvalue weighted by molar-refractivity contribution is 5.51. The Hall–Kier alpha value is -1.84. The topological polar surface area (TPSA) is 63.4 Å². The van der Waals surface area contributed by atoms with Gasteiger partial charge in [0.2, 0.25) is 5.70 Å². The molecule has 0 aliphatic carbocycles. The molecule has 74 valence electrons. The summed E-state index contributed by atoms with van der Waals surface area (Å²) in [7, 11) is 0. The summed E-state index contributed by atoms with van der Waals surface area (Å²) in [6.45, 7) is 1.73. The van der Waals surface area contributed by atoms with E-state index in [-0.39, 0.29) is 11.4 Å². The van der Waals surface area contributed by atoms with E-state index in [1.54, 1.807) is 19.1 Å². The Morgan fingerprint density at radius 3 is 2.50 bits per heavy atom. The molecule has 4 nitrogen and oxygen atoms in total. The van der Waals surface area contributed by atoms with Gasteiger partial charge < -0.3 is 5.11 Å². The van der Waals surface area contributed by atoms with Crippen molar-refractivity contribution < 1.29 is 10.0 Å². The maximum absolute atomic E-state index is 10.5. The van der Waals surface area contributed by atoms with Crippen molar-refractivity contribution in [3.05, 3.63) is 45.6 Å². The number of nitrogens with zero attached hydrogens (tertiary/aromatic N) is 1. The first-order valence-corrected chi connectivity index (χ1v) is 4.27. The second kappa shape index (κ2) is 4.41. The van der Waals surface area contributed by atoms with Crippen LogP contribution in [0, 0.1) is 10.1 Å². The van der Waals surface area contributed by atoms with E-state index >= 15 is 0 Å². The van der Waals surface area contributed by atoms with Gasteiger partial charge in [0.05, 0.1) is 4.92 Å². The minimum absolute atomic E-state index is 0.154. The molecule has 0 spiro atoms. The summed E-state index contributed by atoms with van der Waals surface area (Å²) < 4.78 is 0. The zero-order valence-electron chi connectivity index (χ0n) is 7.80. The van der Waals surface area contributed by atoms with Crippen LogP contribution in [0.2, 0.25) is 0 Å². The second-order valence-corrected chi connectivity index (χ2v) is 2.84. The largest absolute Gasteiger partial charge is 0.508 e. The molecule has 0 amide bonds. The molecule has 0 atom stereocenters. The van der Waals surface area contributed by atoms with Gasteiger partial charge in [0.15, 0.2) is 0 Å². The van der Waals surface area contributed by atoms with Crippen molar-refractivity contribution in [2.75, 3.05) is 0 Å². The Kier molecular flexibility index (Phi) is 3.23. The maximum atomic E-state index is 10.5. The van der Waals surface area contributed by atoms with E-state index in [1.807, 2.05) is 0 Å². The van der Waals surface area contributed by atoms with Gasteiger partial charge in [-0.3, -0.25) is 10.1 Å². The Morgan fingerprint density at radius 1 is 1.50 bits per heavy atom. The summed E-state index contributed by atoms with van der Waals surface area (Å²) >= 11 is 0. The predicted molar refractivity (Wildman–Crippen MR) is 53.4 cm³/mol. The van der Waals surface area contributed by atoms with Crippen LogP contribution >= 0.6 is 0 Å². The van der Waals surface area contributed by atoms with Crippen LogP contribution in [0.3, 0.4) is 0 Å². The van der Waals surface area contributed by atoms with Crippen molar-refractivity contribution in [3.8, 4) is 5.75 Å². The van der Waals surface area contributed by atoms with Crippen molar-refractivity contribution in [2.24, 2.45) is 0 Å².